The van der Waals surface area contributed by atoms with Gasteiger partial charge in [-0.2, -0.15) is 0 Å². The Bertz CT molecular complexity index is 1080. The Labute approximate surface area is 176 Å². The molecule has 1 atom stereocenters. The molecule has 1 aliphatic heterocycles. The van der Waals surface area contributed by atoms with Gasteiger partial charge in [-0.3, -0.25) is 14.4 Å². The first-order valence-corrected chi connectivity index (χ1v) is 9.33. The number of esters is 1. The normalized spacial score (nSPS) is 14.3. The fourth-order valence-corrected chi connectivity index (χ4v) is 3.37. The van der Waals surface area contributed by atoms with Crippen molar-refractivity contribution in [3.05, 3.63) is 52.6 Å². The number of fused-ring (bicyclic) bond motifs is 2. The van der Waals surface area contributed by atoms with Gasteiger partial charge >= 0.3 is 17.9 Å². The van der Waals surface area contributed by atoms with Gasteiger partial charge in [-0.25, -0.2) is 4.79 Å². The Morgan fingerprint density at radius 3 is 2.52 bits per heavy atom. The zero-order valence-electron chi connectivity index (χ0n) is 16.3. The van der Waals surface area contributed by atoms with Crippen molar-refractivity contribution in [2.45, 2.75) is 25.2 Å². The van der Waals surface area contributed by atoms with Crippen molar-refractivity contribution in [2.24, 2.45) is 5.73 Å². The molecule has 1 amide bonds. The molecule has 0 saturated carbocycles. The first-order chi connectivity index (χ1) is 14.7. The summed E-state index contributed by atoms with van der Waals surface area (Å²) >= 11 is 0. The van der Waals surface area contributed by atoms with Gasteiger partial charge in [-0.15, -0.1) is 0 Å². The summed E-state index contributed by atoms with van der Waals surface area (Å²) in [5.41, 5.74) is 12.3. The number of amides is 1. The molecule has 0 aromatic heterocycles. The number of hydrogen-bond donors (Lipinski definition) is 4. The van der Waals surface area contributed by atoms with Crippen molar-refractivity contribution in [3.8, 4) is 11.5 Å². The van der Waals surface area contributed by atoms with Crippen LogP contribution >= 0.6 is 0 Å². The van der Waals surface area contributed by atoms with Crippen LogP contribution in [0.2, 0.25) is 0 Å². The van der Waals surface area contributed by atoms with Crippen LogP contribution in [0.4, 0.5) is 5.69 Å². The zero-order valence-corrected chi connectivity index (χ0v) is 16.3. The lowest BCUT2D eigenvalue weighted by Crippen LogP contribution is -2.21. The van der Waals surface area contributed by atoms with E-state index in [-0.39, 0.29) is 34.8 Å². The van der Waals surface area contributed by atoms with Crippen LogP contribution in [0.25, 0.3) is 0 Å². The number of aryl methyl sites for hydroxylation is 1. The average Bonchev–Trinajstić information content (AvgIpc) is 2.69. The second-order valence-electron chi connectivity index (χ2n) is 7.01. The van der Waals surface area contributed by atoms with Gasteiger partial charge in [0.25, 0.3) is 5.91 Å². The molecule has 0 spiro atoms. The number of hydrogen-bond acceptors (Lipinski definition) is 7. The molecular weight excluding hydrogens is 408 g/mol. The maximum atomic E-state index is 12.8. The Balaban J connectivity index is 2.15. The van der Waals surface area contributed by atoms with Crippen LogP contribution in [0.1, 0.15) is 50.6 Å². The van der Waals surface area contributed by atoms with Gasteiger partial charge in [-0.05, 0) is 54.3 Å². The third kappa shape index (κ3) is 4.74. The van der Waals surface area contributed by atoms with Crippen LogP contribution in [0.3, 0.4) is 0 Å². The van der Waals surface area contributed by atoms with Gasteiger partial charge in [-0.1, -0.05) is 0 Å². The standard InChI is InChI=1S/C21H20N2O8/c22-12-3-4-13-10(6-12)2-1-5-30-18-15(19(23)26)7-11(8-16(18)31-21(13)29)14(20(27)28)9-17(24)25/h3-4,6-8,14H,1-2,5,9,22H2,(H2,23,26)(H,24,25)(H,27,28)/t14-/m0/s1. The van der Waals surface area contributed by atoms with E-state index >= 15 is 0 Å². The summed E-state index contributed by atoms with van der Waals surface area (Å²) in [6.45, 7) is 0.149. The average molecular weight is 428 g/mol. The first kappa shape index (κ1) is 21.6. The van der Waals surface area contributed by atoms with E-state index < -0.39 is 36.2 Å². The summed E-state index contributed by atoms with van der Waals surface area (Å²) < 4.78 is 11.1. The molecule has 2 aromatic carbocycles. The molecule has 0 unspecified atom stereocenters. The number of nitrogen functional groups attached to an aromatic ring is 1. The molecule has 6 N–H and O–H groups in total. The smallest absolute Gasteiger partial charge is 0.343 e. The van der Waals surface area contributed by atoms with Crippen molar-refractivity contribution < 1.29 is 38.9 Å². The second kappa shape index (κ2) is 8.74. The van der Waals surface area contributed by atoms with E-state index in [0.29, 0.717) is 24.1 Å². The Morgan fingerprint density at radius 1 is 1.13 bits per heavy atom. The molecule has 2 aromatic rings. The first-order valence-electron chi connectivity index (χ1n) is 9.33. The van der Waals surface area contributed by atoms with Gasteiger partial charge in [0.15, 0.2) is 11.5 Å². The van der Waals surface area contributed by atoms with Gasteiger partial charge in [0.1, 0.15) is 0 Å². The summed E-state index contributed by atoms with van der Waals surface area (Å²) in [7, 11) is 0. The number of carboxylic acids is 2. The minimum Gasteiger partial charge on any atom is -0.489 e. The number of anilines is 1. The number of nitrogens with two attached hydrogens (primary N) is 2. The Hall–Kier alpha value is -4.08. The number of ether oxygens (including phenoxy) is 2. The van der Waals surface area contributed by atoms with E-state index in [1.165, 1.54) is 12.1 Å². The van der Waals surface area contributed by atoms with E-state index in [4.69, 9.17) is 26.0 Å². The summed E-state index contributed by atoms with van der Waals surface area (Å²) in [6, 6.07) is 7.04. The highest BCUT2D eigenvalue weighted by Crippen LogP contribution is 2.37. The zero-order chi connectivity index (χ0) is 22.7. The van der Waals surface area contributed by atoms with Crippen LogP contribution in [-0.4, -0.2) is 40.6 Å². The maximum Gasteiger partial charge on any atom is 0.343 e. The Kier molecular flexibility index (Phi) is 6.10. The Morgan fingerprint density at radius 2 is 1.87 bits per heavy atom. The highest BCUT2D eigenvalue weighted by atomic mass is 16.6. The largest absolute Gasteiger partial charge is 0.489 e. The highest BCUT2D eigenvalue weighted by Gasteiger charge is 2.29. The van der Waals surface area contributed by atoms with Gasteiger partial charge in [0.05, 0.1) is 30.1 Å². The maximum absolute atomic E-state index is 12.8. The van der Waals surface area contributed by atoms with Crippen LogP contribution in [0.15, 0.2) is 30.3 Å². The molecule has 31 heavy (non-hydrogen) atoms. The van der Waals surface area contributed by atoms with Crippen molar-refractivity contribution in [2.75, 3.05) is 12.3 Å². The van der Waals surface area contributed by atoms with Crippen molar-refractivity contribution >= 4 is 29.5 Å². The SMILES string of the molecule is NC(=O)c1cc([C@H](CC(=O)O)C(=O)O)cc2c1OCCCc1cc(N)ccc1C(=O)O2. The molecule has 0 saturated heterocycles. The summed E-state index contributed by atoms with van der Waals surface area (Å²) in [5.74, 6) is -6.32. The molecule has 0 bridgehead atoms. The third-order valence-corrected chi connectivity index (χ3v) is 4.81. The topological polar surface area (TPSA) is 179 Å². The molecule has 162 valence electrons. The molecule has 10 heteroatoms. The van der Waals surface area contributed by atoms with Crippen LogP contribution in [0, 0.1) is 0 Å². The van der Waals surface area contributed by atoms with Gasteiger partial charge < -0.3 is 31.2 Å². The molecule has 1 aliphatic rings. The molecule has 10 nitrogen and oxygen atoms in total. The molecule has 0 radical (unpaired) electrons. The quantitative estimate of drug-likeness (QED) is 0.312. The number of rotatable bonds is 5. The molecule has 0 fully saturated rings. The molecular formula is C21H20N2O8. The van der Waals surface area contributed by atoms with Crippen molar-refractivity contribution in [3.63, 3.8) is 0 Å². The van der Waals surface area contributed by atoms with Gasteiger partial charge in [0, 0.05) is 5.69 Å². The third-order valence-electron chi connectivity index (χ3n) is 4.81. The van der Waals surface area contributed by atoms with E-state index in [2.05, 4.69) is 0 Å². The number of carbonyl (C=O) groups is 4. The van der Waals surface area contributed by atoms with Crippen molar-refractivity contribution in [1.82, 2.24) is 0 Å². The summed E-state index contributed by atoms with van der Waals surface area (Å²) in [6.07, 6.45) is 0.206. The molecule has 3 rings (SSSR count). The van der Waals surface area contributed by atoms with E-state index in [9.17, 15) is 24.3 Å². The molecule has 1 heterocycles. The number of benzene rings is 2. The number of primary amides is 1. The number of carbonyl (C=O) groups excluding carboxylic acids is 2. The van der Waals surface area contributed by atoms with Crippen LogP contribution in [-0.2, 0) is 16.0 Å². The van der Waals surface area contributed by atoms with Crippen molar-refractivity contribution in [1.29, 1.82) is 0 Å². The number of carboxylic acid groups (broad SMARTS) is 2. The lowest BCUT2D eigenvalue weighted by atomic mass is 9.93. The minimum absolute atomic E-state index is 0.0616. The van der Waals surface area contributed by atoms with E-state index in [1.54, 1.807) is 12.1 Å². The molecule has 0 aliphatic carbocycles. The van der Waals surface area contributed by atoms with E-state index in [0.717, 1.165) is 6.07 Å². The highest BCUT2D eigenvalue weighted by molar-refractivity contribution is 5.99. The van der Waals surface area contributed by atoms with E-state index in [1.807, 2.05) is 0 Å². The minimum atomic E-state index is -1.50. The number of aliphatic carboxylic acids is 2. The van der Waals surface area contributed by atoms with Gasteiger partial charge in [0.2, 0.25) is 0 Å². The lowest BCUT2D eigenvalue weighted by Gasteiger charge is -2.20. The second-order valence-corrected chi connectivity index (χ2v) is 7.01. The predicted octanol–water partition coefficient (Wildman–Crippen LogP) is 1.55. The fourth-order valence-electron chi connectivity index (χ4n) is 3.37. The van der Waals surface area contributed by atoms with Crippen LogP contribution in [0.5, 0.6) is 11.5 Å². The summed E-state index contributed by atoms with van der Waals surface area (Å²) in [5, 5.41) is 18.5. The lowest BCUT2D eigenvalue weighted by molar-refractivity contribution is -0.145. The predicted molar refractivity (Wildman–Crippen MR) is 107 cm³/mol. The monoisotopic (exact) mass is 428 g/mol. The summed E-state index contributed by atoms with van der Waals surface area (Å²) in [4.78, 5) is 47.6. The fraction of sp³-hybridized carbons (Fsp3) is 0.238. The van der Waals surface area contributed by atoms with Crippen LogP contribution < -0.4 is 20.9 Å².